The zero-order chi connectivity index (χ0) is 14.4. The number of nitrogens with two attached hydrogens (primary N) is 1. The fourth-order valence-electron chi connectivity index (χ4n) is 2.59. The van der Waals surface area contributed by atoms with Crippen molar-refractivity contribution in [3.63, 3.8) is 0 Å². The van der Waals surface area contributed by atoms with Gasteiger partial charge in [0.15, 0.2) is 0 Å². The van der Waals surface area contributed by atoms with Crippen LogP contribution in [0.3, 0.4) is 0 Å². The number of fused-ring (bicyclic) bond motifs is 1. The molecule has 1 aromatic carbocycles. The van der Waals surface area contributed by atoms with Crippen molar-refractivity contribution in [1.82, 2.24) is 9.55 Å². The molecule has 0 spiro atoms. The number of aryl methyl sites for hydroxylation is 2. The predicted octanol–water partition coefficient (Wildman–Crippen LogP) is 3.65. The van der Waals surface area contributed by atoms with Crippen LogP contribution in [0.15, 0.2) is 18.2 Å². The zero-order valence-corrected chi connectivity index (χ0v) is 12.2. The lowest BCUT2D eigenvalue weighted by Gasteiger charge is -2.07. The molecule has 20 heavy (non-hydrogen) atoms. The highest BCUT2D eigenvalue weighted by molar-refractivity contribution is 5.76. The van der Waals surface area contributed by atoms with Gasteiger partial charge in [0, 0.05) is 13.0 Å². The number of hydrogen-bond acceptors (Lipinski definition) is 2. The molecule has 110 valence electrons. The van der Waals surface area contributed by atoms with Gasteiger partial charge in [0.05, 0.1) is 11.0 Å². The average molecular weight is 277 g/mol. The second-order valence-electron chi connectivity index (χ2n) is 5.27. The molecule has 2 aromatic rings. The summed E-state index contributed by atoms with van der Waals surface area (Å²) in [7, 11) is 0. The van der Waals surface area contributed by atoms with Crippen molar-refractivity contribution in [2.75, 3.05) is 6.54 Å². The normalized spacial score (nSPS) is 11.3. The number of halogens is 1. The topological polar surface area (TPSA) is 43.8 Å². The number of imidazole rings is 1. The van der Waals surface area contributed by atoms with E-state index in [1.165, 1.54) is 18.9 Å². The molecule has 2 rings (SSSR count). The first-order valence-electron chi connectivity index (χ1n) is 7.61. The number of benzene rings is 1. The molecular formula is C16H24FN3. The maximum atomic E-state index is 13.4. The van der Waals surface area contributed by atoms with Crippen LogP contribution >= 0.6 is 0 Å². The minimum atomic E-state index is -0.191. The molecule has 2 N–H and O–H groups in total. The van der Waals surface area contributed by atoms with Crippen molar-refractivity contribution in [1.29, 1.82) is 0 Å². The Kier molecular flexibility index (Phi) is 5.53. The molecule has 0 aliphatic rings. The molecule has 0 aliphatic carbocycles. The summed E-state index contributed by atoms with van der Waals surface area (Å²) in [6.07, 6.45) is 6.56. The first-order chi connectivity index (χ1) is 9.76. The first kappa shape index (κ1) is 15.0. The molecule has 0 atom stereocenters. The van der Waals surface area contributed by atoms with Gasteiger partial charge in [0.25, 0.3) is 0 Å². The molecule has 1 aromatic heterocycles. The Labute approximate surface area is 120 Å². The van der Waals surface area contributed by atoms with Crippen molar-refractivity contribution in [3.05, 3.63) is 29.8 Å². The summed E-state index contributed by atoms with van der Waals surface area (Å²) in [5, 5.41) is 0. The summed E-state index contributed by atoms with van der Waals surface area (Å²) in [6, 6.07) is 4.85. The summed E-state index contributed by atoms with van der Waals surface area (Å²) in [6.45, 7) is 3.81. The lowest BCUT2D eigenvalue weighted by Crippen LogP contribution is -2.04. The third-order valence-electron chi connectivity index (χ3n) is 3.59. The van der Waals surface area contributed by atoms with E-state index in [0.717, 1.165) is 55.6 Å². The maximum absolute atomic E-state index is 13.4. The monoisotopic (exact) mass is 277 g/mol. The smallest absolute Gasteiger partial charge is 0.125 e. The van der Waals surface area contributed by atoms with Gasteiger partial charge >= 0.3 is 0 Å². The molecule has 0 aliphatic heterocycles. The molecular weight excluding hydrogens is 253 g/mol. The Morgan fingerprint density at radius 2 is 2.00 bits per heavy atom. The van der Waals surface area contributed by atoms with Gasteiger partial charge in [-0.3, -0.25) is 0 Å². The van der Waals surface area contributed by atoms with Gasteiger partial charge in [0.1, 0.15) is 11.6 Å². The predicted molar refractivity (Wildman–Crippen MR) is 81.2 cm³/mol. The van der Waals surface area contributed by atoms with Crippen molar-refractivity contribution < 1.29 is 4.39 Å². The van der Waals surface area contributed by atoms with E-state index in [-0.39, 0.29) is 5.82 Å². The average Bonchev–Trinajstić information content (AvgIpc) is 2.77. The van der Waals surface area contributed by atoms with Crippen LogP contribution in [0.5, 0.6) is 0 Å². The highest BCUT2D eigenvalue weighted by Crippen LogP contribution is 2.19. The standard InChI is InChI=1S/C16H24FN3/c1-2-11-20-15-12-13(17)8-9-14(15)19-16(20)7-5-3-4-6-10-18/h8-9,12H,2-7,10-11,18H2,1H3. The van der Waals surface area contributed by atoms with Gasteiger partial charge in [-0.1, -0.05) is 19.8 Å². The van der Waals surface area contributed by atoms with Crippen LogP contribution in [0.4, 0.5) is 4.39 Å². The summed E-state index contributed by atoms with van der Waals surface area (Å²) < 4.78 is 15.6. The maximum Gasteiger partial charge on any atom is 0.125 e. The molecule has 0 fully saturated rings. The molecule has 1 heterocycles. The Balaban J connectivity index is 2.12. The summed E-state index contributed by atoms with van der Waals surface area (Å²) >= 11 is 0. The zero-order valence-electron chi connectivity index (χ0n) is 12.2. The Bertz CT molecular complexity index is 548. The Morgan fingerprint density at radius 3 is 2.75 bits per heavy atom. The second-order valence-corrected chi connectivity index (χ2v) is 5.27. The minimum Gasteiger partial charge on any atom is -0.330 e. The molecule has 0 saturated heterocycles. The van der Waals surface area contributed by atoms with E-state index in [2.05, 4.69) is 16.5 Å². The molecule has 3 nitrogen and oxygen atoms in total. The highest BCUT2D eigenvalue weighted by atomic mass is 19.1. The fourth-order valence-corrected chi connectivity index (χ4v) is 2.59. The molecule has 0 unspecified atom stereocenters. The van der Waals surface area contributed by atoms with E-state index in [1.807, 2.05) is 0 Å². The van der Waals surface area contributed by atoms with Crippen LogP contribution in [0.25, 0.3) is 11.0 Å². The Morgan fingerprint density at radius 1 is 1.20 bits per heavy atom. The van der Waals surface area contributed by atoms with Gasteiger partial charge in [-0.2, -0.15) is 0 Å². The van der Waals surface area contributed by atoms with Crippen LogP contribution < -0.4 is 5.73 Å². The van der Waals surface area contributed by atoms with E-state index in [9.17, 15) is 4.39 Å². The number of rotatable bonds is 8. The number of hydrogen-bond donors (Lipinski definition) is 1. The summed E-state index contributed by atoms with van der Waals surface area (Å²) in [4.78, 5) is 4.66. The van der Waals surface area contributed by atoms with E-state index >= 15 is 0 Å². The van der Waals surface area contributed by atoms with E-state index < -0.39 is 0 Å². The van der Waals surface area contributed by atoms with Crippen LogP contribution in [0, 0.1) is 5.82 Å². The van der Waals surface area contributed by atoms with Crippen LogP contribution in [-0.4, -0.2) is 16.1 Å². The molecule has 0 saturated carbocycles. The van der Waals surface area contributed by atoms with Crippen LogP contribution in [0.1, 0.15) is 44.9 Å². The number of aromatic nitrogens is 2. The van der Waals surface area contributed by atoms with Crippen molar-refractivity contribution >= 4 is 11.0 Å². The van der Waals surface area contributed by atoms with Crippen molar-refractivity contribution in [2.45, 2.75) is 52.0 Å². The van der Waals surface area contributed by atoms with Gasteiger partial charge in [-0.25, -0.2) is 9.37 Å². The van der Waals surface area contributed by atoms with Crippen molar-refractivity contribution in [2.24, 2.45) is 5.73 Å². The summed E-state index contributed by atoms with van der Waals surface area (Å²) in [5.74, 6) is 0.893. The summed E-state index contributed by atoms with van der Waals surface area (Å²) in [5.41, 5.74) is 7.32. The minimum absolute atomic E-state index is 0.191. The third-order valence-corrected chi connectivity index (χ3v) is 3.59. The second kappa shape index (κ2) is 7.39. The molecule has 0 bridgehead atoms. The highest BCUT2D eigenvalue weighted by Gasteiger charge is 2.10. The lowest BCUT2D eigenvalue weighted by atomic mass is 10.1. The number of nitrogens with zero attached hydrogens (tertiary/aromatic N) is 2. The SMILES string of the molecule is CCCn1c(CCCCCCN)nc2ccc(F)cc21. The van der Waals surface area contributed by atoms with Gasteiger partial charge in [-0.15, -0.1) is 0 Å². The first-order valence-corrected chi connectivity index (χ1v) is 7.61. The van der Waals surface area contributed by atoms with Crippen LogP contribution in [-0.2, 0) is 13.0 Å². The fraction of sp³-hybridized carbons (Fsp3) is 0.562. The quantitative estimate of drug-likeness (QED) is 0.748. The molecule has 0 amide bonds. The van der Waals surface area contributed by atoms with Gasteiger partial charge < -0.3 is 10.3 Å². The molecule has 4 heteroatoms. The van der Waals surface area contributed by atoms with Gasteiger partial charge in [0.2, 0.25) is 0 Å². The van der Waals surface area contributed by atoms with Crippen LogP contribution in [0.2, 0.25) is 0 Å². The Hall–Kier alpha value is -1.42. The lowest BCUT2D eigenvalue weighted by molar-refractivity contribution is 0.599. The van der Waals surface area contributed by atoms with E-state index in [0.29, 0.717) is 0 Å². The van der Waals surface area contributed by atoms with E-state index in [4.69, 9.17) is 5.73 Å². The van der Waals surface area contributed by atoms with E-state index in [1.54, 1.807) is 12.1 Å². The third kappa shape index (κ3) is 3.57. The number of unbranched alkanes of at least 4 members (excludes halogenated alkanes) is 3. The molecule has 0 radical (unpaired) electrons. The van der Waals surface area contributed by atoms with Crippen molar-refractivity contribution in [3.8, 4) is 0 Å². The largest absolute Gasteiger partial charge is 0.330 e. The van der Waals surface area contributed by atoms with Gasteiger partial charge in [-0.05, 0) is 44.0 Å².